The smallest absolute Gasteiger partial charge is 0.266 e. The maximum absolute atomic E-state index is 13.9. The van der Waals surface area contributed by atoms with E-state index in [0.29, 0.717) is 16.9 Å². The van der Waals surface area contributed by atoms with Gasteiger partial charge in [0.25, 0.3) is 11.8 Å². The lowest BCUT2D eigenvalue weighted by molar-refractivity contribution is 0.0895. The van der Waals surface area contributed by atoms with Crippen molar-refractivity contribution in [2.24, 2.45) is 0 Å². The monoisotopic (exact) mass is 556 g/mol. The van der Waals surface area contributed by atoms with Crippen molar-refractivity contribution in [3.63, 3.8) is 0 Å². The predicted molar refractivity (Wildman–Crippen MR) is 137 cm³/mol. The lowest BCUT2D eigenvalue weighted by Crippen LogP contribution is -2.39. The van der Waals surface area contributed by atoms with E-state index in [2.05, 4.69) is 36.8 Å². The van der Waals surface area contributed by atoms with Crippen molar-refractivity contribution in [1.29, 1.82) is 0 Å². The number of aryl methyl sites for hydroxylation is 2. The van der Waals surface area contributed by atoms with Crippen molar-refractivity contribution in [3.8, 4) is 0 Å². The molecule has 3 aromatic rings. The second-order valence-electron chi connectivity index (χ2n) is 8.18. The molecule has 0 saturated carbocycles. The molecule has 0 aliphatic heterocycles. The Morgan fingerprint density at radius 2 is 1.34 bits per heavy atom. The van der Waals surface area contributed by atoms with E-state index in [1.165, 1.54) is 4.90 Å². The number of nitrogens with zero attached hydrogens (tertiary/aromatic N) is 2. The molecule has 0 unspecified atom stereocenters. The lowest BCUT2D eigenvalue weighted by atomic mass is 9.96. The molecule has 166 valence electrons. The van der Waals surface area contributed by atoms with E-state index < -0.39 is 11.8 Å². The summed E-state index contributed by atoms with van der Waals surface area (Å²) in [6.45, 7) is 13.6. The number of rotatable bonds is 3. The zero-order valence-electron chi connectivity index (χ0n) is 19.4. The Hall–Kier alpha value is -2.31. The normalized spacial score (nSPS) is 10.9. The third-order valence-corrected chi connectivity index (χ3v) is 8.25. The molecule has 0 atom stereocenters. The number of imide groups is 1. The second-order valence-corrected chi connectivity index (χ2v) is 9.82. The van der Waals surface area contributed by atoms with Crippen LogP contribution in [0.5, 0.6) is 0 Å². The Morgan fingerprint density at radius 3 is 1.94 bits per heavy atom. The highest BCUT2D eigenvalue weighted by Crippen LogP contribution is 2.32. The van der Waals surface area contributed by atoms with Gasteiger partial charge in [-0.05, 0) is 106 Å². The molecule has 0 bridgehead atoms. The van der Waals surface area contributed by atoms with E-state index in [9.17, 15) is 9.59 Å². The van der Waals surface area contributed by atoms with E-state index in [4.69, 9.17) is 0 Å². The Morgan fingerprint density at radius 1 is 0.750 bits per heavy atom. The molecule has 0 N–H and O–H groups in total. The summed E-state index contributed by atoms with van der Waals surface area (Å²) in [5.74, 6) is -0.455. The number of carbonyl (C=O) groups excluding carboxylic acids is 2. The zero-order valence-corrected chi connectivity index (χ0v) is 22.5. The highest BCUT2D eigenvalue weighted by Gasteiger charge is 2.31. The molecule has 0 spiro atoms. The average Bonchev–Trinajstić information content (AvgIpc) is 2.77. The molecule has 0 aliphatic rings. The Kier molecular flexibility index (Phi) is 7.06. The van der Waals surface area contributed by atoms with Gasteiger partial charge in [0.15, 0.2) is 0 Å². The quantitative estimate of drug-likeness (QED) is 0.318. The summed E-state index contributed by atoms with van der Waals surface area (Å²) in [5.41, 5.74) is 7.45. The molecule has 0 aliphatic carbocycles. The number of amides is 2. The van der Waals surface area contributed by atoms with Crippen molar-refractivity contribution < 1.29 is 9.59 Å². The number of hydrogen-bond acceptors (Lipinski definition) is 3. The standard InChI is InChI=1S/C26H26Br2N2O2/c1-13-9-8-10-29-24(13)30(25(31)20-11-14(2)15(3)23(28)19(20)7)26(32)21-12-22(27)18(6)16(4)17(21)5/h8-12H,1-7H3. The fraction of sp³-hybridized carbons (Fsp3) is 0.269. The van der Waals surface area contributed by atoms with Crippen molar-refractivity contribution in [2.75, 3.05) is 4.90 Å². The van der Waals surface area contributed by atoms with E-state index in [1.807, 2.05) is 60.6 Å². The first-order valence-electron chi connectivity index (χ1n) is 10.3. The SMILES string of the molecule is Cc1cccnc1N(C(=O)c1cc(Br)c(C)c(C)c1C)C(=O)c1cc(C)c(C)c(Br)c1C. The summed E-state index contributed by atoms with van der Waals surface area (Å²) in [6, 6.07) is 7.28. The van der Waals surface area contributed by atoms with E-state index in [0.717, 1.165) is 47.9 Å². The summed E-state index contributed by atoms with van der Waals surface area (Å²) < 4.78 is 1.70. The van der Waals surface area contributed by atoms with Crippen LogP contribution in [0, 0.1) is 48.5 Å². The minimum Gasteiger partial charge on any atom is -0.268 e. The maximum atomic E-state index is 13.9. The third kappa shape index (κ3) is 4.18. The van der Waals surface area contributed by atoms with Crippen LogP contribution >= 0.6 is 31.9 Å². The van der Waals surface area contributed by atoms with Crippen molar-refractivity contribution in [3.05, 3.63) is 89.5 Å². The van der Waals surface area contributed by atoms with E-state index in [-0.39, 0.29) is 0 Å². The number of benzene rings is 2. The molecule has 2 amide bonds. The second kappa shape index (κ2) is 9.28. The fourth-order valence-electron chi connectivity index (χ4n) is 3.69. The largest absolute Gasteiger partial charge is 0.268 e. The molecule has 2 aromatic carbocycles. The van der Waals surface area contributed by atoms with Gasteiger partial charge in [-0.25, -0.2) is 9.88 Å². The number of hydrogen-bond donors (Lipinski definition) is 0. The molecular formula is C26H26Br2N2O2. The van der Waals surface area contributed by atoms with Crippen LogP contribution in [0.1, 0.15) is 59.7 Å². The molecule has 0 radical (unpaired) electrons. The van der Waals surface area contributed by atoms with Gasteiger partial charge in [-0.2, -0.15) is 0 Å². The highest BCUT2D eigenvalue weighted by molar-refractivity contribution is 9.10. The maximum Gasteiger partial charge on any atom is 0.266 e. The lowest BCUT2D eigenvalue weighted by Gasteiger charge is -2.25. The molecule has 6 heteroatoms. The number of pyridine rings is 1. The summed E-state index contributed by atoms with van der Waals surface area (Å²) in [6.07, 6.45) is 1.60. The molecule has 0 fully saturated rings. The zero-order chi connectivity index (χ0) is 23.9. The average molecular weight is 558 g/mol. The van der Waals surface area contributed by atoms with Gasteiger partial charge in [-0.3, -0.25) is 9.59 Å². The molecule has 1 aromatic heterocycles. The molecule has 32 heavy (non-hydrogen) atoms. The Bertz CT molecular complexity index is 1190. The molecule has 1 heterocycles. The number of aromatic nitrogens is 1. The van der Waals surface area contributed by atoms with Gasteiger partial charge >= 0.3 is 0 Å². The van der Waals surface area contributed by atoms with Crippen LogP contribution in [0.25, 0.3) is 0 Å². The first-order chi connectivity index (χ1) is 15.0. The first-order valence-corrected chi connectivity index (χ1v) is 11.9. The van der Waals surface area contributed by atoms with Gasteiger partial charge in [0.1, 0.15) is 5.82 Å². The molecular weight excluding hydrogens is 532 g/mol. The van der Waals surface area contributed by atoms with Crippen LogP contribution < -0.4 is 4.90 Å². The third-order valence-electron chi connectivity index (χ3n) is 6.23. The summed E-state index contributed by atoms with van der Waals surface area (Å²) >= 11 is 7.17. The van der Waals surface area contributed by atoms with Crippen LogP contribution in [-0.4, -0.2) is 16.8 Å². The molecule has 4 nitrogen and oxygen atoms in total. The fourth-order valence-corrected chi connectivity index (χ4v) is 4.75. The summed E-state index contributed by atoms with van der Waals surface area (Å²) in [4.78, 5) is 33.5. The van der Waals surface area contributed by atoms with Crippen LogP contribution in [0.4, 0.5) is 5.82 Å². The van der Waals surface area contributed by atoms with Crippen LogP contribution in [-0.2, 0) is 0 Å². The minimum atomic E-state index is -0.396. The van der Waals surface area contributed by atoms with Gasteiger partial charge in [0, 0.05) is 26.3 Å². The van der Waals surface area contributed by atoms with Gasteiger partial charge in [-0.15, -0.1) is 0 Å². The Labute approximate surface area is 206 Å². The number of halogens is 2. The number of carbonyl (C=O) groups is 2. The summed E-state index contributed by atoms with van der Waals surface area (Å²) in [5, 5.41) is 0. The Balaban J connectivity index is 2.27. The van der Waals surface area contributed by atoms with Crippen molar-refractivity contribution in [1.82, 2.24) is 4.98 Å². The topological polar surface area (TPSA) is 50.3 Å². The van der Waals surface area contributed by atoms with Gasteiger partial charge < -0.3 is 0 Å². The van der Waals surface area contributed by atoms with Gasteiger partial charge in [0.05, 0.1) is 0 Å². The van der Waals surface area contributed by atoms with Crippen molar-refractivity contribution >= 4 is 49.5 Å². The minimum absolute atomic E-state index is 0.338. The van der Waals surface area contributed by atoms with Crippen LogP contribution in [0.3, 0.4) is 0 Å². The summed E-state index contributed by atoms with van der Waals surface area (Å²) in [7, 11) is 0. The number of anilines is 1. The predicted octanol–water partition coefficient (Wildman–Crippen LogP) is 7.25. The van der Waals surface area contributed by atoms with E-state index in [1.54, 1.807) is 18.3 Å². The van der Waals surface area contributed by atoms with Gasteiger partial charge in [0.2, 0.25) is 0 Å². The van der Waals surface area contributed by atoms with Crippen molar-refractivity contribution in [2.45, 2.75) is 48.5 Å². The highest BCUT2D eigenvalue weighted by atomic mass is 79.9. The molecule has 3 rings (SSSR count). The van der Waals surface area contributed by atoms with E-state index >= 15 is 0 Å². The first kappa shape index (κ1) is 24.3. The molecule has 0 saturated heterocycles. The van der Waals surface area contributed by atoms with Gasteiger partial charge in [-0.1, -0.05) is 37.9 Å². The van der Waals surface area contributed by atoms with Crippen LogP contribution in [0.2, 0.25) is 0 Å². The van der Waals surface area contributed by atoms with Crippen LogP contribution in [0.15, 0.2) is 39.4 Å².